The van der Waals surface area contributed by atoms with Gasteiger partial charge in [0.15, 0.2) is 0 Å². The fourth-order valence-corrected chi connectivity index (χ4v) is 1.88. The summed E-state index contributed by atoms with van der Waals surface area (Å²) in [4.78, 5) is 0. The van der Waals surface area contributed by atoms with E-state index in [2.05, 4.69) is 0 Å². The summed E-state index contributed by atoms with van der Waals surface area (Å²) in [6.07, 6.45) is 0. The molecule has 0 saturated carbocycles. The molecule has 0 atom stereocenters. The maximum Gasteiger partial charge on any atom is 0.138 e. The largest absolute Gasteiger partial charge is 0.490 e. The van der Waals surface area contributed by atoms with Crippen LogP contribution in [0.2, 0.25) is 5.02 Å². The first-order chi connectivity index (χ1) is 7.97. The van der Waals surface area contributed by atoms with Crippen LogP contribution in [0.25, 0.3) is 10.8 Å². The van der Waals surface area contributed by atoms with Gasteiger partial charge in [-0.25, -0.2) is 0 Å². The molecule has 0 saturated heterocycles. The van der Waals surface area contributed by atoms with Gasteiger partial charge in [-0.15, -0.1) is 0 Å². The second kappa shape index (κ2) is 4.55. The van der Waals surface area contributed by atoms with Gasteiger partial charge in [0, 0.05) is 10.9 Å². The molecule has 0 amide bonds. The minimum Gasteiger partial charge on any atom is -0.490 e. The van der Waals surface area contributed by atoms with E-state index in [4.69, 9.17) is 22.1 Å². The average Bonchev–Trinajstić information content (AvgIpc) is 2.27. The summed E-state index contributed by atoms with van der Waals surface area (Å²) in [5.74, 6) is 0.684. The van der Waals surface area contributed by atoms with Gasteiger partial charge < -0.3 is 10.5 Å². The van der Waals surface area contributed by atoms with Crippen molar-refractivity contribution in [1.29, 1.82) is 0 Å². The molecule has 0 aliphatic heterocycles. The smallest absolute Gasteiger partial charge is 0.138 e. The quantitative estimate of drug-likeness (QED) is 0.902. The standard InChI is InChI=1S/C14H16ClNO/c1-14(2,16)9-17-12-8-7-10-5-3-4-6-11(10)13(12)15/h3-8H,9,16H2,1-2H3. The van der Waals surface area contributed by atoms with Crippen molar-refractivity contribution >= 4 is 22.4 Å². The van der Waals surface area contributed by atoms with Crippen molar-refractivity contribution in [3.8, 4) is 5.75 Å². The third kappa shape index (κ3) is 2.90. The van der Waals surface area contributed by atoms with Crippen molar-refractivity contribution in [3.05, 3.63) is 41.4 Å². The minimum atomic E-state index is -0.366. The van der Waals surface area contributed by atoms with Gasteiger partial charge in [-0.3, -0.25) is 0 Å². The van der Waals surface area contributed by atoms with Gasteiger partial charge in [-0.2, -0.15) is 0 Å². The Hall–Kier alpha value is -1.25. The van der Waals surface area contributed by atoms with Crippen LogP contribution in [0.3, 0.4) is 0 Å². The SMILES string of the molecule is CC(C)(N)COc1ccc2ccccc2c1Cl. The second-order valence-electron chi connectivity index (χ2n) is 4.88. The van der Waals surface area contributed by atoms with E-state index >= 15 is 0 Å². The van der Waals surface area contributed by atoms with Crippen molar-refractivity contribution in [1.82, 2.24) is 0 Å². The van der Waals surface area contributed by atoms with E-state index in [1.165, 1.54) is 0 Å². The lowest BCUT2D eigenvalue weighted by molar-refractivity contribution is 0.244. The Labute approximate surface area is 106 Å². The molecule has 0 aromatic heterocycles. The molecule has 0 aliphatic rings. The van der Waals surface area contributed by atoms with Crippen molar-refractivity contribution < 1.29 is 4.74 Å². The molecule has 0 radical (unpaired) electrons. The highest BCUT2D eigenvalue weighted by molar-refractivity contribution is 6.37. The number of halogens is 1. The van der Waals surface area contributed by atoms with Gasteiger partial charge in [0.1, 0.15) is 12.4 Å². The van der Waals surface area contributed by atoms with Crippen molar-refractivity contribution in [2.45, 2.75) is 19.4 Å². The zero-order valence-electron chi connectivity index (χ0n) is 10.0. The number of fused-ring (bicyclic) bond motifs is 1. The van der Waals surface area contributed by atoms with Crippen LogP contribution >= 0.6 is 11.6 Å². The first-order valence-corrected chi connectivity index (χ1v) is 5.94. The van der Waals surface area contributed by atoms with Crippen LogP contribution in [0.4, 0.5) is 0 Å². The summed E-state index contributed by atoms with van der Waals surface area (Å²) in [6.45, 7) is 4.27. The molecule has 0 fully saturated rings. The highest BCUT2D eigenvalue weighted by Gasteiger charge is 2.13. The Bertz CT molecular complexity index is 531. The Morgan fingerprint density at radius 3 is 2.59 bits per heavy atom. The monoisotopic (exact) mass is 249 g/mol. The lowest BCUT2D eigenvalue weighted by atomic mass is 10.1. The fourth-order valence-electron chi connectivity index (χ4n) is 1.59. The van der Waals surface area contributed by atoms with Crippen molar-refractivity contribution in [2.75, 3.05) is 6.61 Å². The van der Waals surface area contributed by atoms with Gasteiger partial charge in [-0.05, 0) is 25.3 Å². The van der Waals surface area contributed by atoms with E-state index in [1.54, 1.807) is 0 Å². The van der Waals surface area contributed by atoms with Gasteiger partial charge in [0.25, 0.3) is 0 Å². The maximum absolute atomic E-state index is 6.30. The number of benzene rings is 2. The van der Waals surface area contributed by atoms with E-state index in [-0.39, 0.29) is 5.54 Å². The highest BCUT2D eigenvalue weighted by Crippen LogP contribution is 2.32. The Morgan fingerprint density at radius 2 is 1.88 bits per heavy atom. The summed E-state index contributed by atoms with van der Waals surface area (Å²) in [7, 11) is 0. The Balaban J connectivity index is 2.33. The zero-order valence-corrected chi connectivity index (χ0v) is 10.8. The van der Waals surface area contributed by atoms with Crippen LogP contribution in [0, 0.1) is 0 Å². The average molecular weight is 250 g/mol. The van der Waals surface area contributed by atoms with Gasteiger partial charge in [-0.1, -0.05) is 41.9 Å². The van der Waals surface area contributed by atoms with Crippen LogP contribution in [0.5, 0.6) is 5.75 Å². The summed E-state index contributed by atoms with van der Waals surface area (Å²) < 4.78 is 5.65. The third-order valence-corrected chi connectivity index (χ3v) is 2.82. The van der Waals surface area contributed by atoms with Gasteiger partial charge in [0.2, 0.25) is 0 Å². The molecule has 2 aromatic carbocycles. The predicted octanol–water partition coefficient (Wildman–Crippen LogP) is 3.61. The normalized spacial score (nSPS) is 11.8. The van der Waals surface area contributed by atoms with Crippen molar-refractivity contribution in [3.63, 3.8) is 0 Å². The number of nitrogens with two attached hydrogens (primary N) is 1. The summed E-state index contributed by atoms with van der Waals surface area (Å²) in [6, 6.07) is 11.8. The van der Waals surface area contributed by atoms with E-state index in [9.17, 15) is 0 Å². The molecule has 0 unspecified atom stereocenters. The summed E-state index contributed by atoms with van der Waals surface area (Å²) >= 11 is 6.30. The topological polar surface area (TPSA) is 35.2 Å². The highest BCUT2D eigenvalue weighted by atomic mass is 35.5. The minimum absolute atomic E-state index is 0.366. The molecule has 0 spiro atoms. The molecular weight excluding hydrogens is 234 g/mol. The van der Waals surface area contributed by atoms with E-state index in [1.807, 2.05) is 50.2 Å². The van der Waals surface area contributed by atoms with Crippen LogP contribution in [-0.2, 0) is 0 Å². The van der Waals surface area contributed by atoms with E-state index in [0.29, 0.717) is 17.4 Å². The number of hydrogen-bond acceptors (Lipinski definition) is 2. The van der Waals surface area contributed by atoms with Crippen LogP contribution < -0.4 is 10.5 Å². The fraction of sp³-hybridized carbons (Fsp3) is 0.286. The molecule has 3 heteroatoms. The third-order valence-electron chi connectivity index (χ3n) is 2.43. The molecule has 2 rings (SSSR count). The van der Waals surface area contributed by atoms with Crippen molar-refractivity contribution in [2.24, 2.45) is 5.73 Å². The summed E-state index contributed by atoms with van der Waals surface area (Å²) in [5, 5.41) is 2.76. The number of hydrogen-bond donors (Lipinski definition) is 1. The molecule has 2 N–H and O–H groups in total. The molecule has 2 nitrogen and oxygen atoms in total. The number of rotatable bonds is 3. The maximum atomic E-state index is 6.30. The van der Waals surface area contributed by atoms with Crippen LogP contribution in [0.1, 0.15) is 13.8 Å². The van der Waals surface area contributed by atoms with Gasteiger partial charge in [0.05, 0.1) is 5.02 Å². The molecule has 0 aliphatic carbocycles. The second-order valence-corrected chi connectivity index (χ2v) is 5.25. The number of ether oxygens (including phenoxy) is 1. The van der Waals surface area contributed by atoms with E-state index in [0.717, 1.165) is 10.8 Å². The molecule has 17 heavy (non-hydrogen) atoms. The summed E-state index contributed by atoms with van der Waals surface area (Å²) in [5.41, 5.74) is 5.51. The van der Waals surface area contributed by atoms with Crippen LogP contribution in [-0.4, -0.2) is 12.1 Å². The Kier molecular flexibility index (Phi) is 3.27. The molecule has 2 aromatic rings. The lowest BCUT2D eigenvalue weighted by Crippen LogP contribution is -2.38. The molecule has 0 bridgehead atoms. The first kappa shape index (κ1) is 12.2. The zero-order chi connectivity index (χ0) is 12.5. The van der Waals surface area contributed by atoms with Gasteiger partial charge >= 0.3 is 0 Å². The molecular formula is C14H16ClNO. The first-order valence-electron chi connectivity index (χ1n) is 5.56. The predicted molar refractivity (Wildman–Crippen MR) is 72.7 cm³/mol. The molecule has 90 valence electrons. The van der Waals surface area contributed by atoms with Crippen LogP contribution in [0.15, 0.2) is 36.4 Å². The molecule has 0 heterocycles. The lowest BCUT2D eigenvalue weighted by Gasteiger charge is -2.19. The Morgan fingerprint density at radius 1 is 1.18 bits per heavy atom. The van der Waals surface area contributed by atoms with E-state index < -0.39 is 0 Å².